The largest absolute Gasteiger partial charge is 0.452 e. The molecule has 1 fully saturated rings. The molecule has 1 N–H and O–H groups in total. The molecule has 1 aliphatic rings. The summed E-state index contributed by atoms with van der Waals surface area (Å²) < 4.78 is 12.3. The number of aromatic nitrogens is 3. The maximum atomic E-state index is 12.7. The highest BCUT2D eigenvalue weighted by molar-refractivity contribution is 6.04. The van der Waals surface area contributed by atoms with Crippen LogP contribution >= 0.6 is 0 Å². The number of nitrogens with zero attached hydrogens (tertiary/aromatic N) is 4. The fourth-order valence-corrected chi connectivity index (χ4v) is 3.71. The van der Waals surface area contributed by atoms with Crippen LogP contribution in [0.15, 0.2) is 30.3 Å². The molecule has 1 aliphatic heterocycles. The quantitative estimate of drug-likeness (QED) is 0.628. The van der Waals surface area contributed by atoms with Gasteiger partial charge in [0.25, 0.3) is 5.91 Å². The molecule has 0 spiro atoms. The van der Waals surface area contributed by atoms with Crippen LogP contribution in [0.2, 0.25) is 0 Å². The van der Waals surface area contributed by atoms with Crippen LogP contribution in [0.5, 0.6) is 0 Å². The first kappa shape index (κ1) is 20.8. The van der Waals surface area contributed by atoms with Crippen molar-refractivity contribution in [3.05, 3.63) is 47.3 Å². The molecular weight excluding hydrogens is 398 g/mol. The highest BCUT2D eigenvalue weighted by Crippen LogP contribution is 2.22. The smallest absolute Gasteiger partial charge is 0.339 e. The average molecular weight is 423 g/mol. The lowest BCUT2D eigenvalue weighted by atomic mass is 10.1. The third kappa shape index (κ3) is 4.51. The van der Waals surface area contributed by atoms with Crippen LogP contribution in [0.3, 0.4) is 0 Å². The number of ether oxygens (including phenoxy) is 2. The Balaban J connectivity index is 1.38. The molecule has 4 rings (SSSR count). The van der Waals surface area contributed by atoms with E-state index in [2.05, 4.69) is 20.3 Å². The molecule has 1 saturated heterocycles. The second kappa shape index (κ2) is 8.73. The number of anilines is 2. The van der Waals surface area contributed by atoms with Crippen LogP contribution in [0.25, 0.3) is 11.0 Å². The summed E-state index contributed by atoms with van der Waals surface area (Å²) in [6, 6.07) is 9.23. The van der Waals surface area contributed by atoms with Gasteiger partial charge >= 0.3 is 5.97 Å². The Bertz CT molecular complexity index is 1120. The maximum absolute atomic E-state index is 12.7. The summed E-state index contributed by atoms with van der Waals surface area (Å²) >= 11 is 0. The molecule has 3 heterocycles. The fraction of sp³-hybridized carbons (Fsp3) is 0.364. The van der Waals surface area contributed by atoms with Crippen LogP contribution in [0.4, 0.5) is 11.4 Å². The molecule has 0 unspecified atom stereocenters. The summed E-state index contributed by atoms with van der Waals surface area (Å²) in [5.74, 6) is -0.984. The number of rotatable bonds is 5. The predicted molar refractivity (Wildman–Crippen MR) is 116 cm³/mol. The summed E-state index contributed by atoms with van der Waals surface area (Å²) in [5, 5.41) is 7.71. The number of hydrogen-bond acceptors (Lipinski definition) is 7. The van der Waals surface area contributed by atoms with Gasteiger partial charge in [-0.05, 0) is 44.2 Å². The summed E-state index contributed by atoms with van der Waals surface area (Å²) in [6.07, 6.45) is 0. The lowest BCUT2D eigenvalue weighted by molar-refractivity contribution is -0.119. The molecule has 3 aromatic rings. The van der Waals surface area contributed by atoms with E-state index in [0.29, 0.717) is 46.9 Å². The average Bonchev–Trinajstić information content (AvgIpc) is 3.06. The van der Waals surface area contributed by atoms with Crippen LogP contribution in [0, 0.1) is 13.8 Å². The molecule has 0 bridgehead atoms. The van der Waals surface area contributed by atoms with E-state index < -0.39 is 11.9 Å². The van der Waals surface area contributed by atoms with Crippen molar-refractivity contribution in [3.63, 3.8) is 0 Å². The van der Waals surface area contributed by atoms with Crippen molar-refractivity contribution in [2.75, 3.05) is 43.1 Å². The highest BCUT2D eigenvalue weighted by Gasteiger charge is 2.20. The molecule has 1 aromatic carbocycles. The predicted octanol–water partition coefficient (Wildman–Crippen LogP) is 2.22. The zero-order valence-electron chi connectivity index (χ0n) is 17.8. The minimum Gasteiger partial charge on any atom is -0.452 e. The van der Waals surface area contributed by atoms with Crippen molar-refractivity contribution in [1.82, 2.24) is 14.8 Å². The van der Waals surface area contributed by atoms with Crippen LogP contribution in [0.1, 0.15) is 21.7 Å². The van der Waals surface area contributed by atoms with E-state index in [0.717, 1.165) is 18.8 Å². The van der Waals surface area contributed by atoms with Gasteiger partial charge in [0, 0.05) is 37.2 Å². The van der Waals surface area contributed by atoms with Gasteiger partial charge < -0.3 is 19.7 Å². The molecule has 31 heavy (non-hydrogen) atoms. The van der Waals surface area contributed by atoms with Gasteiger partial charge in [-0.3, -0.25) is 9.48 Å². The summed E-state index contributed by atoms with van der Waals surface area (Å²) in [7, 11) is 1.77. The Morgan fingerprint density at radius 1 is 1.16 bits per heavy atom. The lowest BCUT2D eigenvalue weighted by Gasteiger charge is -2.28. The third-order valence-corrected chi connectivity index (χ3v) is 5.18. The molecule has 0 radical (unpaired) electrons. The monoisotopic (exact) mass is 423 g/mol. The molecule has 0 aliphatic carbocycles. The topological polar surface area (TPSA) is 98.6 Å². The van der Waals surface area contributed by atoms with E-state index in [9.17, 15) is 9.59 Å². The molecule has 0 atom stereocenters. The van der Waals surface area contributed by atoms with Crippen molar-refractivity contribution in [1.29, 1.82) is 0 Å². The van der Waals surface area contributed by atoms with E-state index in [-0.39, 0.29) is 6.61 Å². The molecule has 9 heteroatoms. The van der Waals surface area contributed by atoms with Gasteiger partial charge in [-0.15, -0.1) is 0 Å². The Morgan fingerprint density at radius 2 is 1.87 bits per heavy atom. The third-order valence-electron chi connectivity index (χ3n) is 5.18. The van der Waals surface area contributed by atoms with Crippen molar-refractivity contribution >= 4 is 34.3 Å². The van der Waals surface area contributed by atoms with Crippen molar-refractivity contribution in [2.45, 2.75) is 13.8 Å². The summed E-state index contributed by atoms with van der Waals surface area (Å²) in [6.45, 7) is 6.35. The summed E-state index contributed by atoms with van der Waals surface area (Å²) in [5.41, 5.74) is 4.04. The molecular formula is C22H25N5O4. The van der Waals surface area contributed by atoms with E-state index in [1.165, 1.54) is 0 Å². The second-order valence-electron chi connectivity index (χ2n) is 7.49. The lowest BCUT2D eigenvalue weighted by Crippen LogP contribution is -2.36. The number of aryl methyl sites for hydroxylation is 3. The fourth-order valence-electron chi connectivity index (χ4n) is 3.71. The van der Waals surface area contributed by atoms with Gasteiger partial charge in [-0.2, -0.15) is 5.10 Å². The molecule has 2 aromatic heterocycles. The zero-order valence-corrected chi connectivity index (χ0v) is 17.8. The van der Waals surface area contributed by atoms with Crippen LogP contribution in [-0.4, -0.2) is 59.6 Å². The number of nitrogens with one attached hydrogen (secondary N) is 1. The van der Waals surface area contributed by atoms with E-state index in [1.807, 2.05) is 31.2 Å². The SMILES string of the molecule is Cc1cc(C(=O)OCC(=O)Nc2ccc(N3CCOCC3)cc2)c2c(C)nn(C)c2n1. The number of hydrogen-bond donors (Lipinski definition) is 1. The molecule has 0 saturated carbocycles. The Labute approximate surface area is 180 Å². The Hall–Kier alpha value is -3.46. The number of fused-ring (bicyclic) bond motifs is 1. The number of carbonyl (C=O) groups excluding carboxylic acids is 2. The Morgan fingerprint density at radius 3 is 2.58 bits per heavy atom. The number of morpholine rings is 1. The van der Waals surface area contributed by atoms with Crippen molar-refractivity contribution in [3.8, 4) is 0 Å². The van der Waals surface area contributed by atoms with Crippen LogP contribution in [-0.2, 0) is 21.3 Å². The van der Waals surface area contributed by atoms with Gasteiger partial charge in [0.15, 0.2) is 12.3 Å². The number of amides is 1. The Kier molecular flexibility index (Phi) is 5.85. The normalized spacial score (nSPS) is 14.0. The number of esters is 1. The highest BCUT2D eigenvalue weighted by atomic mass is 16.5. The second-order valence-corrected chi connectivity index (χ2v) is 7.49. The van der Waals surface area contributed by atoms with Gasteiger partial charge in [0.1, 0.15) is 0 Å². The van der Waals surface area contributed by atoms with Gasteiger partial charge in [0.2, 0.25) is 0 Å². The van der Waals surface area contributed by atoms with E-state index >= 15 is 0 Å². The van der Waals surface area contributed by atoms with E-state index in [1.54, 1.807) is 24.7 Å². The van der Waals surface area contributed by atoms with Crippen molar-refractivity contribution < 1.29 is 19.1 Å². The van der Waals surface area contributed by atoms with Crippen LogP contribution < -0.4 is 10.2 Å². The first-order valence-corrected chi connectivity index (χ1v) is 10.1. The van der Waals surface area contributed by atoms with Gasteiger partial charge in [-0.1, -0.05) is 0 Å². The first-order valence-electron chi connectivity index (χ1n) is 10.1. The molecule has 162 valence electrons. The van der Waals surface area contributed by atoms with Crippen molar-refractivity contribution in [2.24, 2.45) is 7.05 Å². The number of benzene rings is 1. The maximum Gasteiger partial charge on any atom is 0.339 e. The van der Waals surface area contributed by atoms with E-state index in [4.69, 9.17) is 9.47 Å². The zero-order chi connectivity index (χ0) is 22.0. The van der Waals surface area contributed by atoms with Gasteiger partial charge in [-0.25, -0.2) is 9.78 Å². The summed E-state index contributed by atoms with van der Waals surface area (Å²) in [4.78, 5) is 31.6. The molecule has 9 nitrogen and oxygen atoms in total. The number of carbonyl (C=O) groups is 2. The minimum absolute atomic E-state index is 0.357. The van der Waals surface area contributed by atoms with Gasteiger partial charge in [0.05, 0.1) is 29.9 Å². The minimum atomic E-state index is -0.579. The first-order chi connectivity index (χ1) is 14.9. The number of pyridine rings is 1. The standard InChI is InChI=1S/C22H25N5O4/c1-14-12-18(20-15(2)25-26(3)21(20)23-14)22(29)31-13-19(28)24-16-4-6-17(7-5-16)27-8-10-30-11-9-27/h4-7,12H,8-11,13H2,1-3H3,(H,24,28). The molecule has 1 amide bonds.